The van der Waals surface area contributed by atoms with Crippen LogP contribution in [0.15, 0.2) is 18.0 Å². The molecule has 3 rings (SSSR count). The van der Waals surface area contributed by atoms with Gasteiger partial charge in [0.2, 0.25) is 11.9 Å². The van der Waals surface area contributed by atoms with Gasteiger partial charge < -0.3 is 21.5 Å². The van der Waals surface area contributed by atoms with Crippen LogP contribution in [-0.4, -0.2) is 39.1 Å². The van der Waals surface area contributed by atoms with Crippen molar-refractivity contribution in [2.75, 3.05) is 10.6 Å². The standard InChI is InChI=1S/C17H23F2N5O2/c18-17(19)6-4-10(5-7-17)23-16-21-9-13(14(20)26)15(24-16)22-11-2-1-3-12(25)8-11/h2,9-10,12,25H,1,3-8H2,(H2,20,26)(H2,21,22,23,24)/t12-/m0/s1. The fourth-order valence-corrected chi connectivity index (χ4v) is 3.24. The van der Waals surface area contributed by atoms with E-state index >= 15 is 0 Å². The van der Waals surface area contributed by atoms with Gasteiger partial charge in [-0.15, -0.1) is 0 Å². The Hall–Kier alpha value is -2.29. The number of aromatic nitrogens is 2. The number of carbonyl (C=O) groups is 1. The molecule has 7 nitrogen and oxygen atoms in total. The molecule has 2 aliphatic carbocycles. The molecule has 0 unspecified atom stereocenters. The van der Waals surface area contributed by atoms with Gasteiger partial charge in [-0.25, -0.2) is 13.8 Å². The molecule has 0 spiro atoms. The lowest BCUT2D eigenvalue weighted by Gasteiger charge is -2.29. The molecule has 1 saturated carbocycles. The average molecular weight is 367 g/mol. The Bertz CT molecular complexity index is 700. The summed E-state index contributed by atoms with van der Waals surface area (Å²) in [6.07, 6.45) is 4.99. The number of allylic oxidation sites excluding steroid dienone is 1. The molecule has 0 aromatic carbocycles. The fraction of sp³-hybridized carbons (Fsp3) is 0.588. The number of anilines is 2. The zero-order valence-corrected chi connectivity index (χ0v) is 14.3. The van der Waals surface area contributed by atoms with Gasteiger partial charge in [0.05, 0.1) is 6.10 Å². The predicted molar refractivity (Wildman–Crippen MR) is 92.9 cm³/mol. The lowest BCUT2D eigenvalue weighted by Crippen LogP contribution is -2.32. The number of nitrogens with one attached hydrogen (secondary N) is 2. The quantitative estimate of drug-likeness (QED) is 0.636. The van der Waals surface area contributed by atoms with Crippen molar-refractivity contribution >= 4 is 17.7 Å². The summed E-state index contributed by atoms with van der Waals surface area (Å²) < 4.78 is 26.5. The molecular formula is C17H23F2N5O2. The van der Waals surface area contributed by atoms with E-state index in [1.54, 1.807) is 0 Å². The highest BCUT2D eigenvalue weighted by Crippen LogP contribution is 2.34. The van der Waals surface area contributed by atoms with Crippen LogP contribution < -0.4 is 16.4 Å². The minimum absolute atomic E-state index is 0.131. The van der Waals surface area contributed by atoms with Gasteiger partial charge in [-0.2, -0.15) is 4.98 Å². The lowest BCUT2D eigenvalue weighted by molar-refractivity contribution is -0.0361. The summed E-state index contributed by atoms with van der Waals surface area (Å²) in [6.45, 7) is 0. The molecule has 1 amide bonds. The highest BCUT2D eigenvalue weighted by Gasteiger charge is 2.35. The topological polar surface area (TPSA) is 113 Å². The van der Waals surface area contributed by atoms with Gasteiger partial charge in [-0.1, -0.05) is 6.08 Å². The van der Waals surface area contributed by atoms with E-state index < -0.39 is 17.9 Å². The molecule has 0 radical (unpaired) electrons. The molecule has 1 fully saturated rings. The van der Waals surface area contributed by atoms with Crippen LogP contribution in [0.2, 0.25) is 0 Å². The van der Waals surface area contributed by atoms with E-state index in [0.717, 1.165) is 12.1 Å². The number of aliphatic hydroxyl groups excluding tert-OH is 1. The molecule has 1 heterocycles. The van der Waals surface area contributed by atoms with Crippen molar-refractivity contribution in [3.8, 4) is 0 Å². The van der Waals surface area contributed by atoms with E-state index in [2.05, 4.69) is 20.6 Å². The van der Waals surface area contributed by atoms with Crippen molar-refractivity contribution < 1.29 is 18.7 Å². The summed E-state index contributed by atoms with van der Waals surface area (Å²) in [5.74, 6) is -2.77. The first-order valence-corrected chi connectivity index (χ1v) is 8.78. The number of carbonyl (C=O) groups excluding carboxylic acids is 1. The zero-order valence-electron chi connectivity index (χ0n) is 14.3. The van der Waals surface area contributed by atoms with E-state index in [1.807, 2.05) is 6.08 Å². The molecule has 1 atom stereocenters. The third kappa shape index (κ3) is 4.66. The van der Waals surface area contributed by atoms with Gasteiger partial charge in [-0.3, -0.25) is 4.79 Å². The molecule has 5 N–H and O–H groups in total. The van der Waals surface area contributed by atoms with Crippen molar-refractivity contribution in [1.82, 2.24) is 9.97 Å². The van der Waals surface area contributed by atoms with Gasteiger partial charge in [0.15, 0.2) is 0 Å². The second-order valence-corrected chi connectivity index (χ2v) is 6.88. The predicted octanol–water partition coefficient (Wildman–Crippen LogP) is 2.41. The van der Waals surface area contributed by atoms with E-state index in [1.165, 1.54) is 6.20 Å². The second-order valence-electron chi connectivity index (χ2n) is 6.88. The number of primary amides is 1. The van der Waals surface area contributed by atoms with Crippen molar-refractivity contribution in [3.05, 3.63) is 23.5 Å². The van der Waals surface area contributed by atoms with Crippen molar-refractivity contribution in [1.29, 1.82) is 0 Å². The summed E-state index contributed by atoms with van der Waals surface area (Å²) in [6, 6.07) is -0.141. The Balaban J connectivity index is 1.74. The van der Waals surface area contributed by atoms with Crippen LogP contribution in [0.1, 0.15) is 55.3 Å². The SMILES string of the molecule is NC(=O)c1cnc(NC2CCC(F)(F)CC2)nc1NC1=CCC[C@H](O)C1. The van der Waals surface area contributed by atoms with Crippen molar-refractivity contribution in [2.24, 2.45) is 5.73 Å². The number of aliphatic hydroxyl groups is 1. The van der Waals surface area contributed by atoms with Crippen LogP contribution in [0.25, 0.3) is 0 Å². The smallest absolute Gasteiger partial charge is 0.254 e. The van der Waals surface area contributed by atoms with Crippen molar-refractivity contribution in [3.63, 3.8) is 0 Å². The van der Waals surface area contributed by atoms with E-state index in [4.69, 9.17) is 5.73 Å². The summed E-state index contributed by atoms with van der Waals surface area (Å²) in [5, 5.41) is 15.9. The van der Waals surface area contributed by atoms with Gasteiger partial charge in [0.1, 0.15) is 11.4 Å². The van der Waals surface area contributed by atoms with Crippen LogP contribution in [0, 0.1) is 0 Å². The van der Waals surface area contributed by atoms with E-state index in [0.29, 0.717) is 25.7 Å². The first-order chi connectivity index (χ1) is 12.3. The van der Waals surface area contributed by atoms with Crippen LogP contribution in [0.5, 0.6) is 0 Å². The van der Waals surface area contributed by atoms with E-state index in [9.17, 15) is 18.7 Å². The number of alkyl halides is 2. The average Bonchev–Trinajstić information content (AvgIpc) is 2.57. The summed E-state index contributed by atoms with van der Waals surface area (Å²) in [4.78, 5) is 20.0. The Kier molecular flexibility index (Phi) is 5.36. The highest BCUT2D eigenvalue weighted by atomic mass is 19.3. The Labute approximate surface area is 150 Å². The Morgan fingerprint density at radius 2 is 2.04 bits per heavy atom. The van der Waals surface area contributed by atoms with Crippen LogP contribution >= 0.6 is 0 Å². The van der Waals surface area contributed by atoms with Crippen LogP contribution in [-0.2, 0) is 0 Å². The van der Waals surface area contributed by atoms with Gasteiger partial charge in [-0.05, 0) is 25.7 Å². The van der Waals surface area contributed by atoms with Gasteiger partial charge in [0, 0.05) is 37.2 Å². The number of nitrogens with zero attached hydrogens (tertiary/aromatic N) is 2. The molecule has 0 aliphatic heterocycles. The van der Waals surface area contributed by atoms with E-state index in [-0.39, 0.29) is 36.2 Å². The number of hydrogen-bond acceptors (Lipinski definition) is 6. The number of halogens is 2. The molecule has 26 heavy (non-hydrogen) atoms. The van der Waals surface area contributed by atoms with Gasteiger partial charge in [0.25, 0.3) is 5.91 Å². The minimum Gasteiger partial charge on any atom is -0.393 e. The Morgan fingerprint density at radius 1 is 1.31 bits per heavy atom. The van der Waals surface area contributed by atoms with Crippen LogP contribution in [0.4, 0.5) is 20.5 Å². The highest BCUT2D eigenvalue weighted by molar-refractivity contribution is 5.97. The first-order valence-electron chi connectivity index (χ1n) is 8.78. The maximum Gasteiger partial charge on any atom is 0.254 e. The molecule has 0 bridgehead atoms. The maximum absolute atomic E-state index is 13.3. The molecule has 142 valence electrons. The molecule has 1 aromatic heterocycles. The first kappa shape index (κ1) is 18.5. The summed E-state index contributed by atoms with van der Waals surface area (Å²) in [5.41, 5.74) is 6.27. The molecule has 9 heteroatoms. The molecule has 2 aliphatic rings. The minimum atomic E-state index is -2.60. The summed E-state index contributed by atoms with van der Waals surface area (Å²) >= 11 is 0. The van der Waals surface area contributed by atoms with Gasteiger partial charge >= 0.3 is 0 Å². The summed E-state index contributed by atoms with van der Waals surface area (Å²) in [7, 11) is 0. The molecule has 0 saturated heterocycles. The normalized spacial score (nSPS) is 23.2. The number of hydrogen-bond donors (Lipinski definition) is 4. The maximum atomic E-state index is 13.3. The van der Waals surface area contributed by atoms with Crippen molar-refractivity contribution in [2.45, 2.75) is 63.0 Å². The van der Waals surface area contributed by atoms with Crippen LogP contribution in [0.3, 0.4) is 0 Å². The second kappa shape index (κ2) is 7.53. The number of amides is 1. The zero-order chi connectivity index (χ0) is 18.7. The molecular weight excluding hydrogens is 344 g/mol. The Morgan fingerprint density at radius 3 is 2.69 bits per heavy atom. The largest absolute Gasteiger partial charge is 0.393 e. The lowest BCUT2D eigenvalue weighted by atomic mass is 9.92. The monoisotopic (exact) mass is 367 g/mol. The number of rotatable bonds is 5. The molecule has 1 aromatic rings. The third-order valence-corrected chi connectivity index (χ3v) is 4.73. The third-order valence-electron chi connectivity index (χ3n) is 4.73. The number of nitrogens with two attached hydrogens (primary N) is 1. The fourth-order valence-electron chi connectivity index (χ4n) is 3.24.